The first-order valence-corrected chi connectivity index (χ1v) is 6.78. The Bertz CT molecular complexity index is 358. The lowest BCUT2D eigenvalue weighted by Gasteiger charge is -2.30. The Labute approximate surface area is 109 Å². The third-order valence-electron chi connectivity index (χ3n) is 3.98. The Morgan fingerprint density at radius 1 is 1.17 bits per heavy atom. The van der Waals surface area contributed by atoms with Gasteiger partial charge >= 0.3 is 0 Å². The summed E-state index contributed by atoms with van der Waals surface area (Å²) in [5, 5.41) is 22.0. The molecule has 1 aliphatic rings. The van der Waals surface area contributed by atoms with Gasteiger partial charge in [-0.3, -0.25) is 0 Å². The molecule has 0 saturated heterocycles. The molecule has 0 amide bonds. The van der Waals surface area contributed by atoms with E-state index in [-0.39, 0.29) is 13.2 Å². The largest absolute Gasteiger partial charge is 0.394 e. The van der Waals surface area contributed by atoms with E-state index in [2.05, 4.69) is 29.6 Å². The molecular weight excluding hydrogens is 226 g/mol. The number of benzene rings is 1. The minimum atomic E-state index is -0.560. The average molecular weight is 249 g/mol. The van der Waals surface area contributed by atoms with Gasteiger partial charge in [0.1, 0.15) is 0 Å². The molecule has 0 aliphatic heterocycles. The number of aliphatic hydroxyl groups excluding tert-OH is 2. The predicted molar refractivity (Wildman–Crippen MR) is 72.5 cm³/mol. The van der Waals surface area contributed by atoms with E-state index in [9.17, 15) is 10.2 Å². The fourth-order valence-corrected chi connectivity index (χ4v) is 2.12. The molecule has 1 aromatic rings. The molecule has 1 aliphatic carbocycles. The van der Waals surface area contributed by atoms with E-state index >= 15 is 0 Å². The molecule has 0 heterocycles. The second-order valence-corrected chi connectivity index (χ2v) is 5.32. The van der Waals surface area contributed by atoms with Crippen LogP contribution in [0.3, 0.4) is 0 Å². The van der Waals surface area contributed by atoms with Crippen molar-refractivity contribution in [3.8, 4) is 0 Å². The van der Waals surface area contributed by atoms with E-state index in [1.807, 2.05) is 6.92 Å². The minimum absolute atomic E-state index is 0.0415. The standard InChI is InChI=1S/C15H23NO2/c1-2-15(10-17,11-18)16-9-12-3-5-13(6-4-12)14-7-8-14/h3-6,14,16-18H,2,7-11H2,1H3. The van der Waals surface area contributed by atoms with Crippen molar-refractivity contribution in [2.24, 2.45) is 0 Å². The quantitative estimate of drug-likeness (QED) is 0.690. The van der Waals surface area contributed by atoms with Gasteiger partial charge < -0.3 is 15.5 Å². The molecule has 0 unspecified atom stereocenters. The van der Waals surface area contributed by atoms with Crippen LogP contribution in [0.5, 0.6) is 0 Å². The first-order chi connectivity index (χ1) is 8.73. The van der Waals surface area contributed by atoms with Crippen LogP contribution in [0.2, 0.25) is 0 Å². The number of hydrogen-bond donors (Lipinski definition) is 3. The van der Waals surface area contributed by atoms with E-state index in [0.717, 1.165) is 5.92 Å². The summed E-state index contributed by atoms with van der Waals surface area (Å²) in [5.74, 6) is 0.789. The summed E-state index contributed by atoms with van der Waals surface area (Å²) < 4.78 is 0. The summed E-state index contributed by atoms with van der Waals surface area (Å²) in [5.41, 5.74) is 2.07. The fraction of sp³-hybridized carbons (Fsp3) is 0.600. The molecule has 1 fully saturated rings. The molecule has 3 nitrogen and oxygen atoms in total. The van der Waals surface area contributed by atoms with Gasteiger partial charge in [-0.25, -0.2) is 0 Å². The van der Waals surface area contributed by atoms with Gasteiger partial charge in [-0.05, 0) is 36.3 Å². The average Bonchev–Trinajstić information content (AvgIpc) is 3.26. The van der Waals surface area contributed by atoms with Crippen LogP contribution < -0.4 is 5.32 Å². The highest BCUT2D eigenvalue weighted by atomic mass is 16.3. The third kappa shape index (κ3) is 3.10. The summed E-state index contributed by atoms with van der Waals surface area (Å²) in [4.78, 5) is 0. The van der Waals surface area contributed by atoms with Crippen LogP contribution in [0.15, 0.2) is 24.3 Å². The topological polar surface area (TPSA) is 52.5 Å². The smallest absolute Gasteiger partial charge is 0.0648 e. The molecule has 0 radical (unpaired) electrons. The van der Waals surface area contributed by atoms with Crippen LogP contribution >= 0.6 is 0 Å². The fourth-order valence-electron chi connectivity index (χ4n) is 2.12. The van der Waals surface area contributed by atoms with Gasteiger partial charge in [0.05, 0.1) is 18.8 Å². The Balaban J connectivity index is 1.92. The maximum Gasteiger partial charge on any atom is 0.0648 e. The van der Waals surface area contributed by atoms with Gasteiger partial charge in [-0.15, -0.1) is 0 Å². The van der Waals surface area contributed by atoms with E-state index in [1.54, 1.807) is 0 Å². The van der Waals surface area contributed by atoms with Crippen molar-refractivity contribution in [3.63, 3.8) is 0 Å². The zero-order valence-corrected chi connectivity index (χ0v) is 11.0. The van der Waals surface area contributed by atoms with Gasteiger partial charge in [0.2, 0.25) is 0 Å². The van der Waals surface area contributed by atoms with Crippen LogP contribution in [0, 0.1) is 0 Å². The summed E-state index contributed by atoms with van der Waals surface area (Å²) in [7, 11) is 0. The van der Waals surface area contributed by atoms with E-state index in [0.29, 0.717) is 13.0 Å². The lowest BCUT2D eigenvalue weighted by atomic mass is 9.98. The zero-order valence-electron chi connectivity index (χ0n) is 11.0. The van der Waals surface area contributed by atoms with Gasteiger partial charge in [0, 0.05) is 6.54 Å². The number of nitrogens with one attached hydrogen (secondary N) is 1. The summed E-state index contributed by atoms with van der Waals surface area (Å²) in [6, 6.07) is 8.66. The van der Waals surface area contributed by atoms with Crippen molar-refractivity contribution >= 4 is 0 Å². The lowest BCUT2D eigenvalue weighted by molar-refractivity contribution is 0.0864. The monoisotopic (exact) mass is 249 g/mol. The van der Waals surface area contributed by atoms with Crippen molar-refractivity contribution in [3.05, 3.63) is 35.4 Å². The molecule has 3 heteroatoms. The highest BCUT2D eigenvalue weighted by Gasteiger charge is 2.26. The summed E-state index contributed by atoms with van der Waals surface area (Å²) in [6.07, 6.45) is 3.36. The maximum absolute atomic E-state index is 9.36. The Kier molecular flexibility index (Phi) is 4.38. The molecule has 0 atom stereocenters. The van der Waals surface area contributed by atoms with Crippen LogP contribution in [0.1, 0.15) is 43.2 Å². The van der Waals surface area contributed by atoms with Crippen LogP contribution in [-0.4, -0.2) is 29.0 Å². The van der Waals surface area contributed by atoms with Crippen molar-refractivity contribution in [1.29, 1.82) is 0 Å². The Morgan fingerprint density at radius 2 is 1.78 bits per heavy atom. The molecule has 2 rings (SSSR count). The van der Waals surface area contributed by atoms with E-state index in [4.69, 9.17) is 0 Å². The molecule has 0 spiro atoms. The number of rotatable bonds is 7. The Morgan fingerprint density at radius 3 is 2.22 bits per heavy atom. The summed E-state index contributed by atoms with van der Waals surface area (Å²) >= 11 is 0. The molecule has 100 valence electrons. The molecular formula is C15H23NO2. The van der Waals surface area contributed by atoms with Gasteiger partial charge in [0.25, 0.3) is 0 Å². The van der Waals surface area contributed by atoms with Crippen molar-refractivity contribution < 1.29 is 10.2 Å². The lowest BCUT2D eigenvalue weighted by Crippen LogP contribution is -2.50. The van der Waals surface area contributed by atoms with Crippen molar-refractivity contribution in [2.75, 3.05) is 13.2 Å². The second kappa shape index (κ2) is 5.83. The van der Waals surface area contributed by atoms with Gasteiger partial charge in [-0.1, -0.05) is 31.2 Å². The normalized spacial score (nSPS) is 15.9. The molecule has 3 N–H and O–H groups in total. The number of hydrogen-bond acceptors (Lipinski definition) is 3. The number of aliphatic hydroxyl groups is 2. The molecule has 0 bridgehead atoms. The third-order valence-corrected chi connectivity index (χ3v) is 3.98. The van der Waals surface area contributed by atoms with Gasteiger partial charge in [-0.2, -0.15) is 0 Å². The SMILES string of the molecule is CCC(CO)(CO)NCc1ccc(C2CC2)cc1. The highest BCUT2D eigenvalue weighted by Crippen LogP contribution is 2.39. The highest BCUT2D eigenvalue weighted by molar-refractivity contribution is 5.28. The Hall–Kier alpha value is -0.900. The molecule has 1 saturated carbocycles. The molecule has 18 heavy (non-hydrogen) atoms. The maximum atomic E-state index is 9.36. The van der Waals surface area contributed by atoms with Gasteiger partial charge in [0.15, 0.2) is 0 Å². The zero-order chi connectivity index (χ0) is 13.0. The van der Waals surface area contributed by atoms with Crippen molar-refractivity contribution in [2.45, 2.75) is 44.2 Å². The van der Waals surface area contributed by atoms with Crippen LogP contribution in [0.4, 0.5) is 0 Å². The molecule has 1 aromatic carbocycles. The summed E-state index contributed by atoms with van der Waals surface area (Å²) in [6.45, 7) is 2.57. The second-order valence-electron chi connectivity index (χ2n) is 5.32. The van der Waals surface area contributed by atoms with Crippen LogP contribution in [0.25, 0.3) is 0 Å². The van der Waals surface area contributed by atoms with E-state index < -0.39 is 5.54 Å². The predicted octanol–water partition coefficient (Wildman–Crippen LogP) is 1.79. The minimum Gasteiger partial charge on any atom is -0.394 e. The first-order valence-electron chi connectivity index (χ1n) is 6.78. The van der Waals surface area contributed by atoms with Crippen LogP contribution in [-0.2, 0) is 6.54 Å². The molecule has 0 aromatic heterocycles. The first kappa shape index (κ1) is 13.5. The van der Waals surface area contributed by atoms with E-state index in [1.165, 1.54) is 24.0 Å². The van der Waals surface area contributed by atoms with Crippen molar-refractivity contribution in [1.82, 2.24) is 5.32 Å².